The maximum atomic E-state index is 12.7. The van der Waals surface area contributed by atoms with Crippen molar-refractivity contribution in [1.82, 2.24) is 0 Å². The van der Waals surface area contributed by atoms with Crippen molar-refractivity contribution in [2.45, 2.75) is 46.1 Å². The van der Waals surface area contributed by atoms with E-state index < -0.39 is 11.0 Å². The molecule has 0 amide bonds. The molecule has 1 fully saturated rings. The molecule has 4 heteroatoms. The van der Waals surface area contributed by atoms with Crippen molar-refractivity contribution >= 4 is 11.8 Å². The number of aliphatic hydroxyl groups is 1. The lowest BCUT2D eigenvalue weighted by molar-refractivity contribution is -0.139. The summed E-state index contributed by atoms with van der Waals surface area (Å²) in [5, 5.41) is 10.7. The van der Waals surface area contributed by atoms with E-state index >= 15 is 0 Å². The highest BCUT2D eigenvalue weighted by atomic mass is 16.5. The number of fused-ring (bicyclic) bond motifs is 1. The van der Waals surface area contributed by atoms with E-state index in [1.165, 1.54) is 6.92 Å². The van der Waals surface area contributed by atoms with Crippen LogP contribution in [-0.2, 0) is 14.3 Å². The van der Waals surface area contributed by atoms with Gasteiger partial charge in [-0.05, 0) is 50.8 Å². The van der Waals surface area contributed by atoms with Gasteiger partial charge in [0.1, 0.15) is 12.2 Å². The second kappa shape index (κ2) is 4.17. The molecule has 0 saturated heterocycles. The lowest BCUT2D eigenvalue weighted by Gasteiger charge is -2.39. The number of esters is 1. The van der Waals surface area contributed by atoms with Crippen molar-refractivity contribution in [2.24, 2.45) is 5.41 Å². The lowest BCUT2D eigenvalue weighted by Crippen LogP contribution is -2.49. The van der Waals surface area contributed by atoms with E-state index in [2.05, 4.69) is 0 Å². The average molecular weight is 288 g/mol. The van der Waals surface area contributed by atoms with Crippen LogP contribution in [0.3, 0.4) is 0 Å². The summed E-state index contributed by atoms with van der Waals surface area (Å²) in [5.41, 5.74) is 2.58. The molecule has 0 aromatic carbocycles. The first-order chi connectivity index (χ1) is 9.72. The SMILES string of the molecule is CC(=O)OCC1=C(C)C=C2C(=O)[C@](C)(O)C3(CC3)C(C)=C21. The third-order valence-electron chi connectivity index (χ3n) is 5.29. The van der Waals surface area contributed by atoms with Crippen molar-refractivity contribution in [3.8, 4) is 0 Å². The maximum absolute atomic E-state index is 12.7. The Kier molecular flexibility index (Phi) is 2.83. The zero-order valence-electron chi connectivity index (χ0n) is 12.9. The number of carbonyl (C=O) groups excluding carboxylic acids is 2. The second-order valence-electron chi connectivity index (χ2n) is 6.48. The number of hydrogen-bond donors (Lipinski definition) is 1. The zero-order valence-corrected chi connectivity index (χ0v) is 12.9. The van der Waals surface area contributed by atoms with Gasteiger partial charge in [0.25, 0.3) is 0 Å². The molecular formula is C17H20O4. The van der Waals surface area contributed by atoms with Crippen LogP contribution in [-0.4, -0.2) is 29.1 Å². The predicted octanol–water partition coefficient (Wildman–Crippen LogP) is 2.24. The summed E-state index contributed by atoms with van der Waals surface area (Å²) < 4.78 is 5.13. The number of rotatable bonds is 2. The van der Waals surface area contributed by atoms with Crippen LogP contribution in [0.1, 0.15) is 40.5 Å². The summed E-state index contributed by atoms with van der Waals surface area (Å²) in [6, 6.07) is 0. The topological polar surface area (TPSA) is 63.6 Å². The summed E-state index contributed by atoms with van der Waals surface area (Å²) >= 11 is 0. The normalized spacial score (nSPS) is 29.8. The van der Waals surface area contributed by atoms with Gasteiger partial charge < -0.3 is 9.84 Å². The lowest BCUT2D eigenvalue weighted by atomic mass is 9.67. The van der Waals surface area contributed by atoms with Crippen molar-refractivity contribution in [2.75, 3.05) is 6.61 Å². The summed E-state index contributed by atoms with van der Waals surface area (Å²) in [4.78, 5) is 23.7. The van der Waals surface area contributed by atoms with Crippen LogP contribution in [0, 0.1) is 5.41 Å². The third-order valence-corrected chi connectivity index (χ3v) is 5.29. The molecule has 3 aliphatic carbocycles. The van der Waals surface area contributed by atoms with E-state index in [4.69, 9.17) is 4.74 Å². The Bertz CT molecular complexity index is 654. The average Bonchev–Trinajstić information content (AvgIpc) is 3.14. The van der Waals surface area contributed by atoms with Crippen LogP contribution < -0.4 is 0 Å². The standard InChI is InChI=1S/C17H20O4/c1-9-7-12-14(13(9)8-21-11(3)18)10(2)17(5-6-17)16(4,20)15(12)19/h7,20H,5-6,8H2,1-4H3/t16-/m0/s1. The Morgan fingerprint density at radius 2 is 2.00 bits per heavy atom. The molecule has 0 bridgehead atoms. The van der Waals surface area contributed by atoms with Crippen LogP contribution in [0.4, 0.5) is 0 Å². The molecule has 0 radical (unpaired) electrons. The molecule has 0 unspecified atom stereocenters. The molecule has 0 heterocycles. The summed E-state index contributed by atoms with van der Waals surface area (Å²) in [6.45, 7) is 7.08. The van der Waals surface area contributed by atoms with Gasteiger partial charge in [0.2, 0.25) is 0 Å². The van der Waals surface area contributed by atoms with E-state index in [-0.39, 0.29) is 18.4 Å². The largest absolute Gasteiger partial charge is 0.461 e. The Labute approximate surface area is 124 Å². The van der Waals surface area contributed by atoms with Crippen molar-refractivity contribution in [3.05, 3.63) is 33.9 Å². The van der Waals surface area contributed by atoms with Crippen LogP contribution in [0.25, 0.3) is 0 Å². The van der Waals surface area contributed by atoms with Gasteiger partial charge in [-0.1, -0.05) is 5.57 Å². The second-order valence-corrected chi connectivity index (χ2v) is 6.48. The van der Waals surface area contributed by atoms with Crippen LogP contribution in [0.5, 0.6) is 0 Å². The molecule has 21 heavy (non-hydrogen) atoms. The van der Waals surface area contributed by atoms with Gasteiger partial charge >= 0.3 is 5.97 Å². The maximum Gasteiger partial charge on any atom is 0.302 e. The number of hydrogen-bond acceptors (Lipinski definition) is 4. The van der Waals surface area contributed by atoms with Gasteiger partial charge in [0, 0.05) is 23.5 Å². The summed E-state index contributed by atoms with van der Waals surface area (Å²) in [5.74, 6) is -0.546. The first-order valence-corrected chi connectivity index (χ1v) is 7.26. The van der Waals surface area contributed by atoms with E-state index in [9.17, 15) is 14.7 Å². The van der Waals surface area contributed by atoms with Gasteiger partial charge in [0.15, 0.2) is 5.78 Å². The molecule has 1 saturated carbocycles. The highest BCUT2D eigenvalue weighted by Crippen LogP contribution is 2.64. The minimum absolute atomic E-state index is 0.180. The molecule has 1 atom stereocenters. The highest BCUT2D eigenvalue weighted by Gasteiger charge is 2.65. The first kappa shape index (κ1) is 14.3. The van der Waals surface area contributed by atoms with Crippen LogP contribution in [0.15, 0.2) is 33.9 Å². The number of carbonyl (C=O) groups is 2. The number of allylic oxidation sites excluding steroid dienone is 2. The van der Waals surface area contributed by atoms with Gasteiger partial charge in [-0.2, -0.15) is 0 Å². The molecule has 3 rings (SSSR count). The fraction of sp³-hybridized carbons (Fsp3) is 0.529. The summed E-state index contributed by atoms with van der Waals surface area (Å²) in [6.07, 6.45) is 3.46. The molecule has 3 aliphatic rings. The minimum Gasteiger partial charge on any atom is -0.461 e. The molecule has 112 valence electrons. The van der Waals surface area contributed by atoms with Gasteiger partial charge in [0.05, 0.1) is 0 Å². The minimum atomic E-state index is -1.33. The van der Waals surface area contributed by atoms with Gasteiger partial charge in [-0.25, -0.2) is 0 Å². The quantitative estimate of drug-likeness (QED) is 0.791. The molecule has 1 spiro atoms. The van der Waals surface area contributed by atoms with Gasteiger partial charge in [-0.3, -0.25) is 9.59 Å². The Morgan fingerprint density at radius 3 is 2.52 bits per heavy atom. The fourth-order valence-electron chi connectivity index (χ4n) is 3.77. The predicted molar refractivity (Wildman–Crippen MR) is 77.4 cm³/mol. The molecule has 4 nitrogen and oxygen atoms in total. The summed E-state index contributed by atoms with van der Waals surface area (Å²) in [7, 11) is 0. The Hall–Kier alpha value is -1.68. The number of ketones is 1. The van der Waals surface area contributed by atoms with Crippen molar-refractivity contribution in [3.63, 3.8) is 0 Å². The first-order valence-electron chi connectivity index (χ1n) is 7.26. The molecule has 0 aliphatic heterocycles. The fourth-order valence-corrected chi connectivity index (χ4v) is 3.77. The van der Waals surface area contributed by atoms with E-state index in [1.807, 2.05) is 19.9 Å². The van der Waals surface area contributed by atoms with Crippen molar-refractivity contribution in [1.29, 1.82) is 0 Å². The van der Waals surface area contributed by atoms with E-state index in [0.29, 0.717) is 5.57 Å². The Balaban J connectivity index is 2.10. The van der Waals surface area contributed by atoms with Crippen molar-refractivity contribution < 1.29 is 19.4 Å². The monoisotopic (exact) mass is 288 g/mol. The molecule has 0 aromatic rings. The smallest absolute Gasteiger partial charge is 0.302 e. The van der Waals surface area contributed by atoms with Gasteiger partial charge in [-0.15, -0.1) is 0 Å². The highest BCUT2D eigenvalue weighted by molar-refractivity contribution is 6.10. The number of Topliss-reactive ketones (excluding diaryl/α,β-unsaturated/α-hetero) is 1. The number of ether oxygens (including phenoxy) is 1. The van der Waals surface area contributed by atoms with Crippen LogP contribution >= 0.6 is 0 Å². The van der Waals surface area contributed by atoms with Crippen LogP contribution in [0.2, 0.25) is 0 Å². The van der Waals surface area contributed by atoms with E-state index in [0.717, 1.165) is 35.1 Å². The third kappa shape index (κ3) is 1.72. The Morgan fingerprint density at radius 1 is 1.38 bits per heavy atom. The zero-order chi connectivity index (χ0) is 15.6. The molecular weight excluding hydrogens is 268 g/mol. The molecule has 1 N–H and O–H groups in total. The molecule has 0 aromatic heterocycles. The van der Waals surface area contributed by atoms with E-state index in [1.54, 1.807) is 6.92 Å².